The number of hydrogen-bond donors (Lipinski definition) is 1. The van der Waals surface area contributed by atoms with Crippen molar-refractivity contribution in [2.45, 2.75) is 18.2 Å². The minimum absolute atomic E-state index is 0.0106. The van der Waals surface area contributed by atoms with Crippen molar-refractivity contribution in [3.05, 3.63) is 63.7 Å². The Morgan fingerprint density at radius 1 is 1.23 bits per heavy atom. The van der Waals surface area contributed by atoms with Crippen molar-refractivity contribution >= 4 is 55.6 Å². The first-order chi connectivity index (χ1) is 16.6. The van der Waals surface area contributed by atoms with Crippen LogP contribution in [0, 0.1) is 15.5 Å². The Kier molecular flexibility index (Phi) is 6.41. The normalized spacial score (nSPS) is 16.6. The van der Waals surface area contributed by atoms with E-state index in [0.717, 1.165) is 17.2 Å². The smallest absolute Gasteiger partial charge is 0.346 e. The van der Waals surface area contributed by atoms with Gasteiger partial charge in [-0.3, -0.25) is 20.3 Å². The maximum atomic E-state index is 12.7. The van der Waals surface area contributed by atoms with Gasteiger partial charge in [0, 0.05) is 6.07 Å². The summed E-state index contributed by atoms with van der Waals surface area (Å²) < 4.78 is 35.8. The van der Waals surface area contributed by atoms with Crippen LogP contribution in [-0.4, -0.2) is 47.4 Å². The molecule has 4 rings (SSSR count). The van der Waals surface area contributed by atoms with Crippen LogP contribution in [0.5, 0.6) is 11.5 Å². The van der Waals surface area contributed by atoms with Gasteiger partial charge in [0.05, 0.1) is 17.6 Å². The van der Waals surface area contributed by atoms with Gasteiger partial charge in [0.25, 0.3) is 11.6 Å². The average Bonchev–Trinajstić information content (AvgIpc) is 3.25. The third-order valence-electron chi connectivity index (χ3n) is 4.83. The monoisotopic (exact) mass is 515 g/mol. The third kappa shape index (κ3) is 4.65. The number of carbonyl (C=O) groups is 1. The highest BCUT2D eigenvalue weighted by Gasteiger charge is 2.35. The van der Waals surface area contributed by atoms with Crippen LogP contribution in [0.1, 0.15) is 18.9 Å². The third-order valence-corrected chi connectivity index (χ3v) is 7.16. The molecule has 0 fully saturated rings. The molecule has 2 aliphatic rings. The fourth-order valence-corrected chi connectivity index (χ4v) is 5.10. The number of nitrogens with zero attached hydrogens (tertiary/aromatic N) is 4. The molecule has 2 heterocycles. The standard InChI is InChI=1S/C21H17N5O7S2/c1-3-18-24-25-19(22)13(20(27)23-21(25)34-18)10-12-8-9-15(16(11-12)32-2)33-35(30,31)17-7-5-4-6-14(17)26(28)29/h4-11,22H,3H2,1-2H3. The molecule has 0 saturated carbocycles. The van der Waals surface area contributed by atoms with E-state index in [4.69, 9.17) is 14.3 Å². The predicted molar refractivity (Wildman–Crippen MR) is 129 cm³/mol. The fraction of sp³-hybridized carbons (Fsp3) is 0.143. The molecule has 2 aliphatic heterocycles. The number of methoxy groups -OCH3 is 1. The van der Waals surface area contributed by atoms with Crippen LogP contribution < -0.4 is 8.92 Å². The molecule has 1 N–H and O–H groups in total. The van der Waals surface area contributed by atoms with E-state index in [1.165, 1.54) is 60.3 Å². The lowest BCUT2D eigenvalue weighted by atomic mass is 10.1. The van der Waals surface area contributed by atoms with E-state index in [0.29, 0.717) is 17.2 Å². The molecule has 0 unspecified atom stereocenters. The summed E-state index contributed by atoms with van der Waals surface area (Å²) >= 11 is 1.23. The molecule has 0 saturated heterocycles. The van der Waals surface area contributed by atoms with E-state index >= 15 is 0 Å². The molecule has 35 heavy (non-hydrogen) atoms. The number of para-hydroxylation sites is 1. The Bertz CT molecular complexity index is 1460. The van der Waals surface area contributed by atoms with Crippen LogP contribution in [0.4, 0.5) is 5.69 Å². The molecule has 0 aliphatic carbocycles. The number of nitro groups is 1. The van der Waals surface area contributed by atoms with Gasteiger partial charge in [0.15, 0.2) is 22.2 Å². The van der Waals surface area contributed by atoms with Crippen molar-refractivity contribution in [3.8, 4) is 11.5 Å². The number of fused-ring (bicyclic) bond motifs is 1. The zero-order valence-electron chi connectivity index (χ0n) is 18.3. The van der Waals surface area contributed by atoms with Crippen LogP contribution >= 0.6 is 11.8 Å². The van der Waals surface area contributed by atoms with E-state index in [1.807, 2.05) is 6.92 Å². The van der Waals surface area contributed by atoms with Gasteiger partial charge in [0.2, 0.25) is 5.17 Å². The van der Waals surface area contributed by atoms with E-state index in [2.05, 4.69) is 10.1 Å². The number of ether oxygens (including phenoxy) is 1. The summed E-state index contributed by atoms with van der Waals surface area (Å²) in [5, 5.41) is 26.2. The van der Waals surface area contributed by atoms with Crippen LogP contribution in [0.25, 0.3) is 6.08 Å². The predicted octanol–water partition coefficient (Wildman–Crippen LogP) is 3.40. The molecule has 0 atom stereocenters. The first-order valence-electron chi connectivity index (χ1n) is 9.99. The number of benzene rings is 2. The zero-order chi connectivity index (χ0) is 25.3. The number of hydrazone groups is 1. The van der Waals surface area contributed by atoms with Crippen molar-refractivity contribution in [1.29, 1.82) is 5.41 Å². The van der Waals surface area contributed by atoms with Gasteiger partial charge in [0.1, 0.15) is 5.04 Å². The van der Waals surface area contributed by atoms with Gasteiger partial charge in [-0.05, 0) is 48.0 Å². The lowest BCUT2D eigenvalue weighted by molar-refractivity contribution is -0.387. The van der Waals surface area contributed by atoms with E-state index in [9.17, 15) is 23.3 Å². The van der Waals surface area contributed by atoms with Crippen LogP contribution in [0.15, 0.2) is 63.0 Å². The van der Waals surface area contributed by atoms with E-state index in [-0.39, 0.29) is 22.9 Å². The Morgan fingerprint density at radius 3 is 2.66 bits per heavy atom. The Hall–Kier alpha value is -4.04. The number of amides is 1. The fourth-order valence-electron chi connectivity index (χ4n) is 3.17. The number of nitro benzene ring substituents is 1. The molecule has 0 radical (unpaired) electrons. The van der Waals surface area contributed by atoms with Crippen molar-refractivity contribution in [2.75, 3.05) is 7.11 Å². The molecule has 180 valence electrons. The second-order valence-corrected chi connectivity index (χ2v) is 9.60. The van der Waals surface area contributed by atoms with Crippen molar-refractivity contribution < 1.29 is 27.1 Å². The molecule has 12 nitrogen and oxygen atoms in total. The lowest BCUT2D eigenvalue weighted by Crippen LogP contribution is -2.35. The molecule has 0 aromatic heterocycles. The highest BCUT2D eigenvalue weighted by molar-refractivity contribution is 8.26. The number of aliphatic imine (C=N–C) groups is 1. The minimum atomic E-state index is -4.56. The quantitative estimate of drug-likeness (QED) is 0.252. The maximum Gasteiger partial charge on any atom is 0.346 e. The number of carbonyl (C=O) groups excluding carboxylic acids is 1. The van der Waals surface area contributed by atoms with Gasteiger partial charge in [-0.25, -0.2) is 0 Å². The molecule has 14 heteroatoms. The van der Waals surface area contributed by atoms with Gasteiger partial charge in [-0.15, -0.1) is 0 Å². The van der Waals surface area contributed by atoms with Crippen LogP contribution in [-0.2, 0) is 14.9 Å². The summed E-state index contributed by atoms with van der Waals surface area (Å²) in [6.45, 7) is 1.90. The number of thioether (sulfide) groups is 1. The molecule has 0 bridgehead atoms. The Morgan fingerprint density at radius 2 is 1.97 bits per heavy atom. The molecular weight excluding hydrogens is 498 g/mol. The minimum Gasteiger partial charge on any atom is -0.493 e. The highest BCUT2D eigenvalue weighted by atomic mass is 32.2. The Balaban J connectivity index is 1.65. The molecule has 2 aromatic rings. The average molecular weight is 516 g/mol. The van der Waals surface area contributed by atoms with Gasteiger partial charge < -0.3 is 8.92 Å². The lowest BCUT2D eigenvalue weighted by Gasteiger charge is -2.20. The largest absolute Gasteiger partial charge is 0.493 e. The summed E-state index contributed by atoms with van der Waals surface area (Å²) in [5.74, 6) is -0.983. The maximum absolute atomic E-state index is 12.7. The summed E-state index contributed by atoms with van der Waals surface area (Å²) in [7, 11) is -3.28. The first kappa shape index (κ1) is 24.1. The molecule has 2 aromatic carbocycles. The van der Waals surface area contributed by atoms with Gasteiger partial charge in [-0.1, -0.05) is 25.1 Å². The zero-order valence-corrected chi connectivity index (χ0v) is 19.9. The summed E-state index contributed by atoms with van der Waals surface area (Å²) in [5.41, 5.74) is -0.245. The molecule has 1 amide bonds. The van der Waals surface area contributed by atoms with Crippen molar-refractivity contribution in [1.82, 2.24) is 5.01 Å². The Labute approximate surface area is 203 Å². The van der Waals surface area contributed by atoms with E-state index < -0.39 is 31.5 Å². The second kappa shape index (κ2) is 9.31. The van der Waals surface area contributed by atoms with Crippen LogP contribution in [0.3, 0.4) is 0 Å². The van der Waals surface area contributed by atoms with Gasteiger partial charge >= 0.3 is 10.1 Å². The topological polar surface area (TPSA) is 165 Å². The number of nitrogens with one attached hydrogen (secondary N) is 1. The molecular formula is C21H17N5O7S2. The highest BCUT2D eigenvalue weighted by Crippen LogP contribution is 2.34. The van der Waals surface area contributed by atoms with Crippen molar-refractivity contribution in [2.24, 2.45) is 10.1 Å². The summed E-state index contributed by atoms with van der Waals surface area (Å²) in [4.78, 5) is 26.3. The first-order valence-corrected chi connectivity index (χ1v) is 12.2. The second-order valence-electron chi connectivity index (χ2n) is 7.04. The SMILES string of the molecule is CCC1=NN2C(=N)C(=Cc3ccc(OS(=O)(=O)c4ccccc4[N+](=O)[O-])c(OC)c3)C(=O)N=C2S1. The summed E-state index contributed by atoms with van der Waals surface area (Å²) in [6, 6.07) is 8.92. The number of hydrogen-bond acceptors (Lipinski definition) is 10. The van der Waals surface area contributed by atoms with Crippen LogP contribution in [0.2, 0.25) is 0 Å². The van der Waals surface area contributed by atoms with Crippen molar-refractivity contribution in [3.63, 3.8) is 0 Å². The summed E-state index contributed by atoms with van der Waals surface area (Å²) in [6.07, 6.45) is 2.03. The number of rotatable bonds is 7. The molecule has 0 spiro atoms. The van der Waals surface area contributed by atoms with Gasteiger partial charge in [-0.2, -0.15) is 23.5 Å². The van der Waals surface area contributed by atoms with E-state index in [1.54, 1.807) is 0 Å². The number of amidine groups is 2.